The standard InChI is InChI=1S/C26H31N3O3S/c1-17-15-21(17)23-13-12-19(32-23)16-29(18-10-11-18)24(30)9-3-2-6-14-28-25(31)20-7-4-5-8-22(20)27-26(28)33/h4-5,7-8,12-13,17-18,21H,2-3,6,9-11,14-16H2,1H3,(H,27,33). The summed E-state index contributed by atoms with van der Waals surface area (Å²) < 4.78 is 8.12. The van der Waals surface area contributed by atoms with E-state index in [4.69, 9.17) is 16.6 Å². The molecule has 174 valence electrons. The van der Waals surface area contributed by atoms with E-state index < -0.39 is 0 Å². The number of aromatic nitrogens is 2. The van der Waals surface area contributed by atoms with Gasteiger partial charge in [0.25, 0.3) is 5.56 Å². The Labute approximate surface area is 198 Å². The largest absolute Gasteiger partial charge is 0.464 e. The Balaban J connectivity index is 1.12. The number of unbranched alkanes of at least 4 members (excludes halogenated alkanes) is 2. The van der Waals surface area contributed by atoms with Crippen molar-refractivity contribution >= 4 is 29.0 Å². The van der Waals surface area contributed by atoms with Crippen molar-refractivity contribution in [1.29, 1.82) is 0 Å². The lowest BCUT2D eigenvalue weighted by Crippen LogP contribution is -2.32. The van der Waals surface area contributed by atoms with E-state index in [2.05, 4.69) is 18.0 Å². The van der Waals surface area contributed by atoms with Crippen molar-refractivity contribution in [3.05, 3.63) is 63.0 Å². The zero-order chi connectivity index (χ0) is 22.9. The van der Waals surface area contributed by atoms with Crippen LogP contribution in [0.5, 0.6) is 0 Å². The molecule has 2 atom stereocenters. The van der Waals surface area contributed by atoms with E-state index in [-0.39, 0.29) is 11.5 Å². The summed E-state index contributed by atoms with van der Waals surface area (Å²) in [7, 11) is 0. The first kappa shape index (κ1) is 22.1. The summed E-state index contributed by atoms with van der Waals surface area (Å²) in [6, 6.07) is 11.9. The first-order chi connectivity index (χ1) is 16.0. The highest BCUT2D eigenvalue weighted by Crippen LogP contribution is 2.47. The molecule has 1 amide bonds. The molecule has 0 saturated heterocycles. The number of benzene rings is 1. The van der Waals surface area contributed by atoms with E-state index in [0.29, 0.717) is 47.5 Å². The number of carbonyl (C=O) groups excluding carboxylic acids is 1. The van der Waals surface area contributed by atoms with Crippen molar-refractivity contribution in [3.63, 3.8) is 0 Å². The lowest BCUT2D eigenvalue weighted by molar-refractivity contribution is -0.132. The Bertz CT molecular complexity index is 1270. The third-order valence-electron chi connectivity index (χ3n) is 6.95. The van der Waals surface area contributed by atoms with Crippen LogP contribution in [0.15, 0.2) is 45.6 Å². The van der Waals surface area contributed by atoms with Crippen LogP contribution in [0.25, 0.3) is 10.9 Å². The van der Waals surface area contributed by atoms with Gasteiger partial charge in [-0.1, -0.05) is 25.5 Å². The smallest absolute Gasteiger partial charge is 0.262 e. The van der Waals surface area contributed by atoms with Gasteiger partial charge in [-0.15, -0.1) is 0 Å². The molecule has 2 unspecified atom stereocenters. The Morgan fingerprint density at radius 3 is 2.73 bits per heavy atom. The van der Waals surface area contributed by atoms with Gasteiger partial charge in [0, 0.05) is 24.9 Å². The predicted molar refractivity (Wildman–Crippen MR) is 131 cm³/mol. The number of aromatic amines is 1. The molecule has 2 fully saturated rings. The molecule has 33 heavy (non-hydrogen) atoms. The maximum atomic E-state index is 12.9. The van der Waals surface area contributed by atoms with Crippen LogP contribution in [0.3, 0.4) is 0 Å². The van der Waals surface area contributed by atoms with Gasteiger partial charge in [0.05, 0.1) is 17.4 Å². The summed E-state index contributed by atoms with van der Waals surface area (Å²) in [5, 5.41) is 0.651. The van der Waals surface area contributed by atoms with E-state index in [0.717, 1.165) is 49.1 Å². The minimum Gasteiger partial charge on any atom is -0.464 e. The van der Waals surface area contributed by atoms with Gasteiger partial charge in [-0.25, -0.2) is 0 Å². The third-order valence-corrected chi connectivity index (χ3v) is 7.28. The molecular weight excluding hydrogens is 434 g/mol. The highest BCUT2D eigenvalue weighted by atomic mass is 32.1. The third kappa shape index (κ3) is 4.98. The normalized spacial score (nSPS) is 19.7. The van der Waals surface area contributed by atoms with E-state index in [9.17, 15) is 9.59 Å². The fourth-order valence-electron chi connectivity index (χ4n) is 4.64. The van der Waals surface area contributed by atoms with Crippen molar-refractivity contribution in [2.75, 3.05) is 0 Å². The van der Waals surface area contributed by atoms with Crippen molar-refractivity contribution in [2.24, 2.45) is 5.92 Å². The van der Waals surface area contributed by atoms with Gasteiger partial charge in [-0.05, 0) is 74.5 Å². The van der Waals surface area contributed by atoms with Gasteiger partial charge < -0.3 is 14.3 Å². The number of furan rings is 1. The van der Waals surface area contributed by atoms with Crippen molar-refractivity contribution in [2.45, 2.75) is 76.9 Å². The van der Waals surface area contributed by atoms with Gasteiger partial charge in [-0.2, -0.15) is 0 Å². The van der Waals surface area contributed by atoms with Gasteiger partial charge >= 0.3 is 0 Å². The van der Waals surface area contributed by atoms with Crippen LogP contribution in [0.4, 0.5) is 0 Å². The van der Waals surface area contributed by atoms with Crippen LogP contribution in [0.1, 0.15) is 69.3 Å². The van der Waals surface area contributed by atoms with Crippen LogP contribution in [-0.4, -0.2) is 26.4 Å². The second-order valence-corrected chi connectivity index (χ2v) is 10.0. The second-order valence-electron chi connectivity index (χ2n) is 9.62. The maximum Gasteiger partial charge on any atom is 0.262 e. The first-order valence-corrected chi connectivity index (χ1v) is 12.5. The number of H-pyrrole nitrogens is 1. The number of para-hydroxylation sites is 1. The SMILES string of the molecule is CC1CC1c1ccc(CN(C(=O)CCCCCn2c(=S)[nH]c3ccccc3c2=O)C2CC2)o1. The molecule has 2 aliphatic rings. The summed E-state index contributed by atoms with van der Waals surface area (Å²) >= 11 is 5.38. The number of rotatable bonds is 10. The average molecular weight is 466 g/mol. The highest BCUT2D eigenvalue weighted by molar-refractivity contribution is 7.71. The highest BCUT2D eigenvalue weighted by Gasteiger charge is 2.37. The molecule has 0 spiro atoms. The van der Waals surface area contributed by atoms with Crippen LogP contribution >= 0.6 is 12.2 Å². The molecule has 1 N–H and O–H groups in total. The van der Waals surface area contributed by atoms with E-state index in [1.54, 1.807) is 4.57 Å². The number of hydrogen-bond donors (Lipinski definition) is 1. The molecule has 2 aliphatic carbocycles. The van der Waals surface area contributed by atoms with Crippen LogP contribution in [0, 0.1) is 10.7 Å². The van der Waals surface area contributed by atoms with Gasteiger partial charge in [-0.3, -0.25) is 14.2 Å². The topological polar surface area (TPSA) is 71.2 Å². The first-order valence-electron chi connectivity index (χ1n) is 12.1. The van der Waals surface area contributed by atoms with Crippen LogP contribution < -0.4 is 5.56 Å². The number of nitrogens with zero attached hydrogens (tertiary/aromatic N) is 2. The second kappa shape index (κ2) is 9.29. The molecule has 1 aromatic carbocycles. The molecule has 0 bridgehead atoms. The minimum atomic E-state index is -0.0521. The number of fused-ring (bicyclic) bond motifs is 1. The summed E-state index contributed by atoms with van der Waals surface area (Å²) in [6.07, 6.45) is 6.40. The van der Waals surface area contributed by atoms with Crippen molar-refractivity contribution in [1.82, 2.24) is 14.5 Å². The van der Waals surface area contributed by atoms with E-state index >= 15 is 0 Å². The molecular formula is C26H31N3O3S. The van der Waals surface area contributed by atoms with Gasteiger partial charge in [0.1, 0.15) is 11.5 Å². The molecule has 3 aromatic rings. The van der Waals surface area contributed by atoms with Crippen molar-refractivity contribution in [3.8, 4) is 0 Å². The summed E-state index contributed by atoms with van der Waals surface area (Å²) in [5.74, 6) is 3.45. The fraction of sp³-hybridized carbons (Fsp3) is 0.500. The fourth-order valence-corrected chi connectivity index (χ4v) is 4.93. The summed E-state index contributed by atoms with van der Waals surface area (Å²) in [6.45, 7) is 3.39. The monoisotopic (exact) mass is 465 g/mol. The molecule has 0 radical (unpaired) electrons. The molecule has 7 heteroatoms. The Morgan fingerprint density at radius 2 is 1.97 bits per heavy atom. The van der Waals surface area contributed by atoms with E-state index in [1.165, 1.54) is 6.42 Å². The molecule has 6 nitrogen and oxygen atoms in total. The summed E-state index contributed by atoms with van der Waals surface area (Å²) in [4.78, 5) is 30.8. The number of carbonyl (C=O) groups is 1. The summed E-state index contributed by atoms with van der Waals surface area (Å²) in [5.41, 5.74) is 0.716. The Kier molecular flexibility index (Phi) is 6.23. The number of hydrogen-bond acceptors (Lipinski definition) is 4. The molecule has 0 aliphatic heterocycles. The lowest BCUT2D eigenvalue weighted by Gasteiger charge is -2.21. The Hall–Kier alpha value is -2.67. The predicted octanol–water partition coefficient (Wildman–Crippen LogP) is 5.53. The molecule has 2 aromatic heterocycles. The average Bonchev–Trinajstić information content (AvgIpc) is 3.73. The van der Waals surface area contributed by atoms with Crippen LogP contribution in [0.2, 0.25) is 0 Å². The number of amides is 1. The maximum absolute atomic E-state index is 12.9. The zero-order valence-corrected chi connectivity index (χ0v) is 19.9. The quantitative estimate of drug-likeness (QED) is 0.316. The van der Waals surface area contributed by atoms with Crippen molar-refractivity contribution < 1.29 is 9.21 Å². The number of nitrogens with one attached hydrogen (secondary N) is 1. The molecule has 5 rings (SSSR count). The van der Waals surface area contributed by atoms with Gasteiger partial charge in [0.15, 0.2) is 4.77 Å². The van der Waals surface area contributed by atoms with Crippen LogP contribution in [-0.2, 0) is 17.9 Å². The molecule has 2 saturated carbocycles. The van der Waals surface area contributed by atoms with E-state index in [1.807, 2.05) is 35.2 Å². The van der Waals surface area contributed by atoms with Gasteiger partial charge in [0.2, 0.25) is 5.91 Å². The Morgan fingerprint density at radius 1 is 1.18 bits per heavy atom. The lowest BCUT2D eigenvalue weighted by atomic mass is 10.1. The minimum absolute atomic E-state index is 0.0521. The molecule has 2 heterocycles. The zero-order valence-electron chi connectivity index (χ0n) is 19.1.